The van der Waals surface area contributed by atoms with Gasteiger partial charge in [0.1, 0.15) is 0 Å². The van der Waals surface area contributed by atoms with Gasteiger partial charge in [-0.15, -0.1) is 22.9 Å². The first kappa shape index (κ1) is 14.6. The Morgan fingerprint density at radius 1 is 1.00 bits per heavy atom. The van der Waals surface area contributed by atoms with E-state index in [1.807, 2.05) is 0 Å². The fourth-order valence-corrected chi connectivity index (χ4v) is 4.23. The predicted molar refractivity (Wildman–Crippen MR) is 94.7 cm³/mol. The molecular formula is C19H19ClS. The van der Waals surface area contributed by atoms with Gasteiger partial charge in [0.15, 0.2) is 0 Å². The molecule has 0 nitrogen and oxygen atoms in total. The third kappa shape index (κ3) is 2.73. The molecule has 21 heavy (non-hydrogen) atoms. The summed E-state index contributed by atoms with van der Waals surface area (Å²) >= 11 is 8.55. The molecule has 0 aliphatic carbocycles. The van der Waals surface area contributed by atoms with E-state index in [0.29, 0.717) is 0 Å². The molecule has 0 radical (unpaired) electrons. The molecule has 0 saturated heterocycles. The first-order valence-corrected chi connectivity index (χ1v) is 8.78. The Bertz CT molecular complexity index is 757. The molecule has 1 atom stereocenters. The summed E-state index contributed by atoms with van der Waals surface area (Å²) in [5.41, 5.74) is 5.28. The van der Waals surface area contributed by atoms with Crippen molar-refractivity contribution in [2.75, 3.05) is 0 Å². The average molecular weight is 315 g/mol. The van der Waals surface area contributed by atoms with Crippen LogP contribution in [0.3, 0.4) is 0 Å². The molecule has 0 amide bonds. The van der Waals surface area contributed by atoms with Gasteiger partial charge in [0.2, 0.25) is 0 Å². The zero-order chi connectivity index (χ0) is 14.8. The van der Waals surface area contributed by atoms with Crippen molar-refractivity contribution in [2.45, 2.75) is 32.1 Å². The number of hydrogen-bond donors (Lipinski definition) is 0. The number of alkyl halides is 1. The highest BCUT2D eigenvalue weighted by Gasteiger charge is 2.16. The Morgan fingerprint density at radius 3 is 2.52 bits per heavy atom. The van der Waals surface area contributed by atoms with Crippen LogP contribution in [0.4, 0.5) is 0 Å². The van der Waals surface area contributed by atoms with E-state index in [0.717, 1.165) is 12.8 Å². The maximum absolute atomic E-state index is 6.78. The second-order valence-electron chi connectivity index (χ2n) is 5.29. The first-order valence-electron chi connectivity index (χ1n) is 7.46. The molecule has 3 aromatic rings. The Kier molecular flexibility index (Phi) is 4.32. The third-order valence-electron chi connectivity index (χ3n) is 4.07. The van der Waals surface area contributed by atoms with Crippen LogP contribution < -0.4 is 0 Å². The highest BCUT2D eigenvalue weighted by atomic mass is 35.5. The Balaban J connectivity index is 2.04. The molecule has 0 spiro atoms. The summed E-state index contributed by atoms with van der Waals surface area (Å²) < 4.78 is 1.30. The molecule has 108 valence electrons. The lowest BCUT2D eigenvalue weighted by atomic mass is 9.96. The van der Waals surface area contributed by atoms with Gasteiger partial charge in [-0.25, -0.2) is 0 Å². The summed E-state index contributed by atoms with van der Waals surface area (Å²) in [7, 11) is 0. The van der Waals surface area contributed by atoms with Gasteiger partial charge in [-0.05, 0) is 51.9 Å². The fourth-order valence-electron chi connectivity index (χ4n) is 2.85. The summed E-state index contributed by atoms with van der Waals surface area (Å²) in [4.78, 5) is 0. The van der Waals surface area contributed by atoms with Gasteiger partial charge < -0.3 is 0 Å². The van der Waals surface area contributed by atoms with Crippen molar-refractivity contribution in [1.82, 2.24) is 0 Å². The lowest BCUT2D eigenvalue weighted by Crippen LogP contribution is -1.97. The van der Waals surface area contributed by atoms with Crippen LogP contribution in [-0.4, -0.2) is 0 Å². The van der Waals surface area contributed by atoms with E-state index in [-0.39, 0.29) is 5.38 Å². The second kappa shape index (κ2) is 6.21. The summed E-state index contributed by atoms with van der Waals surface area (Å²) in [6.45, 7) is 4.42. The van der Waals surface area contributed by atoms with E-state index >= 15 is 0 Å². The predicted octanol–water partition coefficient (Wildman–Crippen LogP) is 6.35. The van der Waals surface area contributed by atoms with Crippen LogP contribution in [0.1, 0.15) is 41.5 Å². The van der Waals surface area contributed by atoms with Gasteiger partial charge in [0.05, 0.1) is 5.38 Å². The summed E-state index contributed by atoms with van der Waals surface area (Å²) in [5, 5.41) is 3.40. The van der Waals surface area contributed by atoms with Crippen LogP contribution >= 0.6 is 22.9 Å². The smallest absolute Gasteiger partial charge is 0.0849 e. The minimum atomic E-state index is -0.0719. The zero-order valence-corrected chi connectivity index (χ0v) is 14.0. The third-order valence-corrected chi connectivity index (χ3v) is 5.54. The van der Waals surface area contributed by atoms with Crippen molar-refractivity contribution in [3.8, 4) is 0 Å². The molecule has 0 saturated carbocycles. The standard InChI is InChI=1S/C19H19ClS/c1-3-13-9-10-15(11-14(13)4-2)19(20)17-12-21-18-8-6-5-7-16(17)18/h5-12,19H,3-4H2,1-2H3. The number of hydrogen-bond acceptors (Lipinski definition) is 1. The molecule has 2 aromatic carbocycles. The molecule has 1 aromatic heterocycles. The van der Waals surface area contributed by atoms with Crippen molar-refractivity contribution >= 4 is 33.0 Å². The zero-order valence-electron chi connectivity index (χ0n) is 12.4. The molecular weight excluding hydrogens is 296 g/mol. The molecule has 3 rings (SSSR count). The maximum atomic E-state index is 6.78. The molecule has 0 bridgehead atoms. The molecule has 1 unspecified atom stereocenters. The van der Waals surface area contributed by atoms with Crippen molar-refractivity contribution in [3.05, 3.63) is 70.1 Å². The van der Waals surface area contributed by atoms with E-state index in [4.69, 9.17) is 11.6 Å². The number of fused-ring (bicyclic) bond motifs is 1. The van der Waals surface area contributed by atoms with Crippen molar-refractivity contribution in [3.63, 3.8) is 0 Å². The van der Waals surface area contributed by atoms with Gasteiger partial charge in [-0.2, -0.15) is 0 Å². The number of halogens is 1. The second-order valence-corrected chi connectivity index (χ2v) is 6.63. The quantitative estimate of drug-likeness (QED) is 0.492. The van der Waals surface area contributed by atoms with E-state index < -0.39 is 0 Å². The van der Waals surface area contributed by atoms with Gasteiger partial charge >= 0.3 is 0 Å². The average Bonchev–Trinajstić information content (AvgIpc) is 2.97. The number of thiophene rings is 1. The van der Waals surface area contributed by atoms with E-state index in [1.54, 1.807) is 11.3 Å². The Labute approximate surface area is 135 Å². The van der Waals surface area contributed by atoms with Crippen LogP contribution in [-0.2, 0) is 12.8 Å². The molecule has 0 aliphatic heterocycles. The molecule has 2 heteroatoms. The molecule has 1 heterocycles. The number of benzene rings is 2. The lowest BCUT2D eigenvalue weighted by molar-refractivity contribution is 1.02. The minimum Gasteiger partial charge on any atom is -0.143 e. The summed E-state index contributed by atoms with van der Waals surface area (Å²) in [5.74, 6) is 0. The highest BCUT2D eigenvalue weighted by molar-refractivity contribution is 7.17. The molecule has 0 fully saturated rings. The number of aryl methyl sites for hydroxylation is 2. The highest BCUT2D eigenvalue weighted by Crippen LogP contribution is 2.37. The number of rotatable bonds is 4. The Morgan fingerprint density at radius 2 is 1.76 bits per heavy atom. The summed E-state index contributed by atoms with van der Waals surface area (Å²) in [6, 6.07) is 15.2. The van der Waals surface area contributed by atoms with E-state index in [2.05, 4.69) is 61.7 Å². The summed E-state index contributed by atoms with van der Waals surface area (Å²) in [6.07, 6.45) is 2.14. The topological polar surface area (TPSA) is 0 Å². The van der Waals surface area contributed by atoms with Crippen LogP contribution in [0.15, 0.2) is 47.8 Å². The van der Waals surface area contributed by atoms with Gasteiger partial charge in [0, 0.05) is 4.70 Å². The Hall–Kier alpha value is -1.31. The lowest BCUT2D eigenvalue weighted by Gasteiger charge is -2.13. The van der Waals surface area contributed by atoms with Crippen LogP contribution in [0, 0.1) is 0 Å². The molecule has 0 aliphatic rings. The van der Waals surface area contributed by atoms with Gasteiger partial charge in [-0.3, -0.25) is 0 Å². The van der Waals surface area contributed by atoms with Crippen LogP contribution in [0.5, 0.6) is 0 Å². The monoisotopic (exact) mass is 314 g/mol. The maximum Gasteiger partial charge on any atom is 0.0849 e. The van der Waals surface area contributed by atoms with Gasteiger partial charge in [0.25, 0.3) is 0 Å². The fraction of sp³-hybridized carbons (Fsp3) is 0.263. The minimum absolute atomic E-state index is 0.0719. The largest absolute Gasteiger partial charge is 0.143 e. The van der Waals surface area contributed by atoms with Crippen molar-refractivity contribution in [1.29, 1.82) is 0 Å². The van der Waals surface area contributed by atoms with Gasteiger partial charge in [-0.1, -0.05) is 50.2 Å². The van der Waals surface area contributed by atoms with E-state index in [1.165, 1.54) is 32.3 Å². The van der Waals surface area contributed by atoms with Crippen LogP contribution in [0.2, 0.25) is 0 Å². The van der Waals surface area contributed by atoms with E-state index in [9.17, 15) is 0 Å². The van der Waals surface area contributed by atoms with Crippen molar-refractivity contribution in [2.24, 2.45) is 0 Å². The molecule has 0 N–H and O–H groups in total. The van der Waals surface area contributed by atoms with Crippen LogP contribution in [0.25, 0.3) is 10.1 Å². The normalized spacial score (nSPS) is 12.7. The first-order chi connectivity index (χ1) is 10.2. The van der Waals surface area contributed by atoms with Crippen molar-refractivity contribution < 1.29 is 0 Å². The SMILES string of the molecule is CCc1ccc(C(Cl)c2csc3ccccc23)cc1CC.